The molecule has 1 aliphatic carbocycles. The lowest BCUT2D eigenvalue weighted by Gasteiger charge is -2.45. The quantitative estimate of drug-likeness (QED) is 0.0595. The lowest BCUT2D eigenvalue weighted by atomic mass is 9.97. The zero-order valence-electron chi connectivity index (χ0n) is 19.3. The van der Waals surface area contributed by atoms with E-state index >= 15 is 0 Å². The second-order valence-corrected chi connectivity index (χ2v) is 10.6. The molecule has 0 aromatic carbocycles. The molecule has 3 heterocycles. The molecule has 0 spiro atoms. The maximum Gasteiger partial charge on any atom is 0.410 e. The Balaban J connectivity index is 1.54. The van der Waals surface area contributed by atoms with Gasteiger partial charge in [-0.15, -0.1) is 11.3 Å². The van der Waals surface area contributed by atoms with Crippen molar-refractivity contribution in [1.29, 1.82) is 0 Å². The van der Waals surface area contributed by atoms with E-state index in [4.69, 9.17) is 21.0 Å². The monoisotopic (exact) mass is 574 g/mol. The van der Waals surface area contributed by atoms with Gasteiger partial charge in [-0.3, -0.25) is 19.1 Å². The first-order chi connectivity index (χ1) is 17.9. The Morgan fingerprint density at radius 1 is 1.39 bits per heavy atom. The number of anilines is 1. The molecular weight excluding hydrogens is 552 g/mol. The van der Waals surface area contributed by atoms with Gasteiger partial charge >= 0.3 is 22.4 Å². The van der Waals surface area contributed by atoms with Crippen molar-refractivity contribution in [3.63, 3.8) is 0 Å². The van der Waals surface area contributed by atoms with Gasteiger partial charge < -0.3 is 36.4 Å². The van der Waals surface area contributed by atoms with Gasteiger partial charge in [-0.2, -0.15) is 8.42 Å². The molecule has 3 aliphatic rings. The second-order valence-electron chi connectivity index (χ2n) is 8.46. The third-order valence-electron chi connectivity index (χ3n) is 5.86. The number of β-lactam (4-membered cyclic amide) rings is 1. The number of thiazole rings is 1. The van der Waals surface area contributed by atoms with Gasteiger partial charge in [-0.25, -0.2) is 18.9 Å². The van der Waals surface area contributed by atoms with Crippen LogP contribution in [0.2, 0.25) is 0 Å². The number of carbonyl (C=O) groups is 4. The summed E-state index contributed by atoms with van der Waals surface area (Å²) in [5.41, 5.74) is 8.58. The number of ether oxygens (including phenoxy) is 1. The van der Waals surface area contributed by atoms with Gasteiger partial charge in [0.1, 0.15) is 17.8 Å². The fourth-order valence-electron chi connectivity index (χ4n) is 3.76. The van der Waals surface area contributed by atoms with E-state index in [0.29, 0.717) is 0 Å². The number of carboxylic acid groups (broad SMARTS) is 1. The number of nitrogens with one attached hydrogen (secondary N) is 1. The van der Waals surface area contributed by atoms with Crippen molar-refractivity contribution in [3.8, 4) is 0 Å². The van der Waals surface area contributed by atoms with Gasteiger partial charge in [0, 0.05) is 24.8 Å². The van der Waals surface area contributed by atoms with E-state index < -0.39 is 70.2 Å². The molecule has 2 aliphatic heterocycles. The molecule has 0 bridgehead atoms. The lowest BCUT2D eigenvalue weighted by molar-refractivity contribution is -0.153. The molecule has 3 fully saturated rings. The van der Waals surface area contributed by atoms with Gasteiger partial charge in [-0.1, -0.05) is 5.16 Å². The number of carbonyl (C=O) groups excluding carboxylic acids is 3. The Kier molecular flexibility index (Phi) is 7.12. The number of nitrogens with zero attached hydrogens (tertiary/aromatic N) is 5. The molecule has 1 aromatic heterocycles. The van der Waals surface area contributed by atoms with Gasteiger partial charge in [0.25, 0.3) is 11.8 Å². The van der Waals surface area contributed by atoms with Crippen LogP contribution in [-0.4, -0.2) is 112 Å². The maximum atomic E-state index is 13.1. The van der Waals surface area contributed by atoms with Crippen molar-refractivity contribution < 1.29 is 46.8 Å². The number of cyclic esters (lactones) is 1. The van der Waals surface area contributed by atoms with E-state index in [0.717, 1.165) is 22.6 Å². The maximum absolute atomic E-state index is 13.1. The predicted molar refractivity (Wildman–Crippen MR) is 127 cm³/mol. The summed E-state index contributed by atoms with van der Waals surface area (Å²) in [5.74, 6) is -3.55. The number of hydrogen-bond donors (Lipinski definition) is 5. The lowest BCUT2D eigenvalue weighted by Crippen LogP contribution is -2.74. The summed E-state index contributed by atoms with van der Waals surface area (Å²) in [6.07, 6.45) is -0.210. The Morgan fingerprint density at radius 2 is 2.11 bits per heavy atom. The fraction of sp³-hybridized carbons (Fsp3) is 0.500. The van der Waals surface area contributed by atoms with Crippen molar-refractivity contribution in [1.82, 2.24) is 19.5 Å². The zero-order valence-corrected chi connectivity index (χ0v) is 20.9. The summed E-state index contributed by atoms with van der Waals surface area (Å²) in [5, 5.41) is 16.6. The molecule has 4 rings (SSSR count). The minimum atomic E-state index is -5.05. The first-order valence-corrected chi connectivity index (χ1v) is 13.1. The van der Waals surface area contributed by atoms with Crippen molar-refractivity contribution in [3.05, 3.63) is 11.1 Å². The van der Waals surface area contributed by atoms with Crippen LogP contribution in [0.5, 0.6) is 0 Å². The highest BCUT2D eigenvalue weighted by Gasteiger charge is 2.56. The van der Waals surface area contributed by atoms with Crippen molar-refractivity contribution >= 4 is 62.7 Å². The third kappa shape index (κ3) is 5.31. The van der Waals surface area contributed by atoms with Crippen molar-refractivity contribution in [2.45, 2.75) is 36.6 Å². The second kappa shape index (κ2) is 10.0. The van der Waals surface area contributed by atoms with Gasteiger partial charge in [0.15, 0.2) is 10.8 Å². The van der Waals surface area contributed by atoms with Crippen LogP contribution in [0.1, 0.15) is 18.5 Å². The Morgan fingerprint density at radius 3 is 2.66 bits per heavy atom. The molecule has 1 saturated carbocycles. The van der Waals surface area contributed by atoms with Crippen LogP contribution >= 0.6 is 11.3 Å². The topological polar surface area (TPSA) is 270 Å². The molecule has 0 radical (unpaired) electrons. The number of aliphatic imine (C=N–C) groups is 1. The van der Waals surface area contributed by atoms with Crippen molar-refractivity contribution in [2.75, 3.05) is 25.4 Å². The molecule has 3 atom stereocenters. The van der Waals surface area contributed by atoms with Gasteiger partial charge in [-0.05, 0) is 0 Å². The minimum absolute atomic E-state index is 0.0310. The average molecular weight is 575 g/mol. The van der Waals surface area contributed by atoms with Crippen LogP contribution in [0.4, 0.5) is 9.93 Å². The Labute approximate surface area is 218 Å². The third-order valence-corrected chi connectivity index (χ3v) is 7.48. The first-order valence-electron chi connectivity index (χ1n) is 10.8. The Hall–Kier alpha value is -4.04. The molecule has 3 unspecified atom stereocenters. The summed E-state index contributed by atoms with van der Waals surface area (Å²) < 4.78 is 38.4. The average Bonchev–Trinajstić information content (AvgIpc) is 3.39. The van der Waals surface area contributed by atoms with Crippen LogP contribution in [0, 0.1) is 0 Å². The number of amides is 3. The summed E-state index contributed by atoms with van der Waals surface area (Å²) in [4.78, 5) is 63.3. The molecule has 20 heteroatoms. The molecular formula is C18H22N8O10S2. The number of aromatic nitrogens is 1. The van der Waals surface area contributed by atoms with Gasteiger partial charge in [0.05, 0.1) is 25.5 Å². The number of rotatable bonds is 11. The van der Waals surface area contributed by atoms with Crippen LogP contribution in [-0.2, 0) is 34.3 Å². The van der Waals surface area contributed by atoms with Crippen LogP contribution < -0.4 is 16.8 Å². The normalized spacial score (nSPS) is 24.8. The summed E-state index contributed by atoms with van der Waals surface area (Å²) in [7, 11) is -5.05. The van der Waals surface area contributed by atoms with E-state index in [-0.39, 0.29) is 41.1 Å². The number of hydrogen-bond acceptors (Lipinski definition) is 13. The van der Waals surface area contributed by atoms with Crippen LogP contribution in [0.25, 0.3) is 0 Å². The fourth-order valence-corrected chi connectivity index (χ4v) is 5.18. The van der Waals surface area contributed by atoms with E-state index in [2.05, 4.69) is 20.4 Å². The highest BCUT2D eigenvalue weighted by atomic mass is 32.2. The summed E-state index contributed by atoms with van der Waals surface area (Å²) >= 11 is 0.947. The van der Waals surface area contributed by atoms with Crippen LogP contribution in [0.3, 0.4) is 0 Å². The first kappa shape index (κ1) is 27.0. The van der Waals surface area contributed by atoms with E-state index in [1.165, 1.54) is 5.38 Å². The minimum Gasteiger partial charge on any atom is -0.478 e. The highest BCUT2D eigenvalue weighted by Crippen LogP contribution is 2.40. The van der Waals surface area contributed by atoms with Crippen LogP contribution in [0.15, 0.2) is 15.5 Å². The smallest absolute Gasteiger partial charge is 0.410 e. The predicted octanol–water partition coefficient (Wildman–Crippen LogP) is -2.63. The Bertz CT molecular complexity index is 1320. The highest BCUT2D eigenvalue weighted by molar-refractivity contribution is 7.84. The number of oxime groups is 1. The van der Waals surface area contributed by atoms with E-state index in [9.17, 15) is 37.3 Å². The molecule has 3 amide bonds. The molecule has 18 nitrogen and oxygen atoms in total. The van der Waals surface area contributed by atoms with E-state index in [1.807, 2.05) is 0 Å². The summed E-state index contributed by atoms with van der Waals surface area (Å²) in [6.45, 7) is -0.428. The molecule has 206 valence electrons. The molecule has 7 N–H and O–H groups in total. The van der Waals surface area contributed by atoms with Crippen molar-refractivity contribution in [2.24, 2.45) is 15.9 Å². The molecule has 2 saturated heterocycles. The number of nitrogens with two attached hydrogens (primary N) is 2. The van der Waals surface area contributed by atoms with E-state index in [1.54, 1.807) is 0 Å². The van der Waals surface area contributed by atoms with Gasteiger partial charge in [0.2, 0.25) is 5.60 Å². The summed E-state index contributed by atoms with van der Waals surface area (Å²) in [6, 6.07) is -2.95. The standard InChI is InChI=1S/C18H22N8O10S2/c19-7-21-3-8-4-25(17(31)35-8)5-10-12(14(28)26(10)38(32,33)34)23-13(27)11(9-6-37-16(20)22-9)24-36-18(1-2-18)15(29)30/h6-8,10,12H,1-5H2,(H2,19,21)(H2,20,22)(H,23,27)(H,29,30)(H,32,33,34). The SMILES string of the molecule is NC=NCC1CN(CC2C(NC(=O)C(=NOC3(C(=O)O)CC3)c3csc(N)n3)C(=O)N2S(=O)(=O)O)C(=O)O1. The number of carboxylic acids is 1. The number of nitrogen functional groups attached to an aromatic ring is 1. The largest absolute Gasteiger partial charge is 0.478 e. The zero-order chi connectivity index (χ0) is 27.8. The molecule has 38 heavy (non-hydrogen) atoms. The molecule has 1 aromatic rings. The number of aliphatic carboxylic acids is 1.